The Kier molecular flexibility index (Phi) is 22.6. The highest BCUT2D eigenvalue weighted by Crippen LogP contribution is 2.24. The number of ether oxygens (including phenoxy) is 4. The maximum absolute atomic E-state index is 12.9. The van der Waals surface area contributed by atoms with Crippen molar-refractivity contribution in [1.29, 1.82) is 0 Å². The van der Waals surface area contributed by atoms with Crippen molar-refractivity contribution in [2.45, 2.75) is 117 Å². The zero-order valence-electron chi connectivity index (χ0n) is 50.1. The van der Waals surface area contributed by atoms with Gasteiger partial charge in [0.25, 0.3) is 11.8 Å². The Morgan fingerprint density at radius 2 is 1.03 bits per heavy atom. The van der Waals surface area contributed by atoms with Gasteiger partial charge in [-0.25, -0.2) is 19.3 Å². The van der Waals surface area contributed by atoms with Gasteiger partial charge in [-0.15, -0.1) is 10.2 Å². The largest absolute Gasteiger partial charge is 0.379 e. The van der Waals surface area contributed by atoms with Crippen LogP contribution in [0.25, 0.3) is 33.8 Å². The summed E-state index contributed by atoms with van der Waals surface area (Å²) in [6, 6.07) is 23.4. The lowest BCUT2D eigenvalue weighted by atomic mass is 9.95. The standard InChI is InChI=1S/C32H42N8O4.C31H39N7O4/c1-23-21-24(2)40-15-11-28(31(40)34-23)32(42)35-26-8-6-25(7-9-26)29-22-39(37-36-29)16-18-44-20-19-43-17-12-30(41)33-13-10-27-5-4-14-38(27)3;1-22-20-23(2)38-14-12-27(30(38)32-22)31(40)34-26-10-8-24(9-11-26)28-21-37(36-35-28)15-17-42-19-18-41-16-13-29(39)33-25-6-4-3-5-7-25/h6-9,11,15,21-22,27H,4-5,10,12-14,16-20H2,1-3H3,(H,33,41)(H,35,42);8-12,14,20-21,25H,3-7,13,15-19H2,1-2H3,(H,33,39)(H,34,40). The molecule has 1 saturated carbocycles. The molecule has 23 nitrogen and oxygen atoms in total. The third-order valence-corrected chi connectivity index (χ3v) is 15.4. The van der Waals surface area contributed by atoms with Crippen molar-refractivity contribution in [3.63, 3.8) is 0 Å². The molecule has 0 bridgehead atoms. The minimum absolute atomic E-state index is 0.0291. The number of nitrogens with one attached hydrogen (secondary N) is 4. The molecule has 23 heteroatoms. The van der Waals surface area contributed by atoms with Gasteiger partial charge < -0.3 is 53.9 Å². The van der Waals surface area contributed by atoms with Crippen LogP contribution in [0.1, 0.15) is 108 Å². The minimum atomic E-state index is -0.210. The Balaban J connectivity index is 0.000000206. The number of rotatable bonds is 28. The van der Waals surface area contributed by atoms with E-state index in [0.717, 1.165) is 77.6 Å². The molecule has 1 atom stereocenters. The van der Waals surface area contributed by atoms with Crippen LogP contribution in [0.5, 0.6) is 0 Å². The molecule has 10 rings (SSSR count). The summed E-state index contributed by atoms with van der Waals surface area (Å²) >= 11 is 0. The van der Waals surface area contributed by atoms with Gasteiger partial charge in [-0.3, -0.25) is 19.2 Å². The molecule has 4 N–H and O–H groups in total. The highest BCUT2D eigenvalue weighted by molar-refractivity contribution is 6.09. The first-order chi connectivity index (χ1) is 41.8. The van der Waals surface area contributed by atoms with Gasteiger partial charge in [-0.1, -0.05) is 54.0 Å². The lowest BCUT2D eigenvalue weighted by Gasteiger charge is -2.22. The fourth-order valence-electron chi connectivity index (χ4n) is 10.7. The van der Waals surface area contributed by atoms with Gasteiger partial charge in [0.05, 0.1) is 89.5 Å². The van der Waals surface area contributed by atoms with Gasteiger partial charge in [0.2, 0.25) is 11.8 Å². The molecule has 1 saturated heterocycles. The fraction of sp³-hybridized carbons (Fsp3) is 0.460. The highest BCUT2D eigenvalue weighted by Gasteiger charge is 2.21. The van der Waals surface area contributed by atoms with Crippen LogP contribution in [0, 0.1) is 27.7 Å². The number of likely N-dealkylation sites (tertiary alicyclic amines) is 1. The molecule has 1 aliphatic heterocycles. The third-order valence-electron chi connectivity index (χ3n) is 15.4. The quantitative estimate of drug-likeness (QED) is 0.0341. The molecule has 86 heavy (non-hydrogen) atoms. The molecule has 2 aromatic carbocycles. The summed E-state index contributed by atoms with van der Waals surface area (Å²) in [7, 11) is 2.15. The molecule has 7 heterocycles. The summed E-state index contributed by atoms with van der Waals surface area (Å²) in [6.45, 7) is 14.3. The van der Waals surface area contributed by atoms with E-state index < -0.39 is 0 Å². The maximum atomic E-state index is 12.9. The van der Waals surface area contributed by atoms with Gasteiger partial charge in [-0.2, -0.15) is 0 Å². The van der Waals surface area contributed by atoms with Gasteiger partial charge in [-0.05, 0) is 122 Å². The van der Waals surface area contributed by atoms with Crippen molar-refractivity contribution in [2.24, 2.45) is 0 Å². The number of fused-ring (bicyclic) bond motifs is 2. The van der Waals surface area contributed by atoms with E-state index in [-0.39, 0.29) is 23.6 Å². The number of nitrogens with zero attached hydrogens (tertiary/aromatic N) is 11. The van der Waals surface area contributed by atoms with Gasteiger partial charge in [0.15, 0.2) is 0 Å². The van der Waals surface area contributed by atoms with E-state index in [0.29, 0.717) is 125 Å². The molecule has 456 valence electrons. The van der Waals surface area contributed by atoms with E-state index in [1.807, 2.05) is 122 Å². The Labute approximate surface area is 501 Å². The maximum Gasteiger partial charge on any atom is 0.259 e. The molecule has 1 unspecified atom stereocenters. The molecule has 1 aliphatic carbocycles. The van der Waals surface area contributed by atoms with Crippen molar-refractivity contribution in [3.8, 4) is 22.5 Å². The third kappa shape index (κ3) is 17.9. The molecule has 6 aromatic heterocycles. The summed E-state index contributed by atoms with van der Waals surface area (Å²) in [5.41, 5.74) is 10.7. The monoisotopic (exact) mass is 1180 g/mol. The number of hydrogen-bond donors (Lipinski definition) is 4. The summed E-state index contributed by atoms with van der Waals surface area (Å²) < 4.78 is 29.7. The van der Waals surface area contributed by atoms with Crippen molar-refractivity contribution in [3.05, 3.63) is 131 Å². The van der Waals surface area contributed by atoms with Crippen LogP contribution in [0.3, 0.4) is 0 Å². The smallest absolute Gasteiger partial charge is 0.259 e. The van der Waals surface area contributed by atoms with E-state index in [1.54, 1.807) is 21.5 Å². The first-order valence-electron chi connectivity index (χ1n) is 29.9. The molecular weight excluding hydrogens is 1090 g/mol. The Morgan fingerprint density at radius 3 is 1.51 bits per heavy atom. The number of aromatic nitrogens is 10. The summed E-state index contributed by atoms with van der Waals surface area (Å²) in [6.07, 6.45) is 17.5. The van der Waals surface area contributed by atoms with Crippen LogP contribution in [0.15, 0.2) is 97.6 Å². The van der Waals surface area contributed by atoms with Crippen LogP contribution >= 0.6 is 0 Å². The lowest BCUT2D eigenvalue weighted by Crippen LogP contribution is -2.36. The molecular formula is C63H81N15O8. The van der Waals surface area contributed by atoms with E-state index >= 15 is 0 Å². The van der Waals surface area contributed by atoms with Crippen molar-refractivity contribution in [2.75, 3.05) is 83.6 Å². The number of anilines is 2. The van der Waals surface area contributed by atoms with E-state index in [9.17, 15) is 19.2 Å². The predicted molar refractivity (Wildman–Crippen MR) is 327 cm³/mol. The Bertz CT molecular complexity index is 3490. The Hall–Kier alpha value is -8.22. The number of amides is 4. The minimum Gasteiger partial charge on any atom is -0.379 e. The van der Waals surface area contributed by atoms with E-state index in [1.165, 1.54) is 32.1 Å². The predicted octanol–water partition coefficient (Wildman–Crippen LogP) is 7.82. The van der Waals surface area contributed by atoms with Crippen LogP contribution in [0.4, 0.5) is 11.4 Å². The molecule has 2 fully saturated rings. The molecule has 8 aromatic rings. The molecule has 4 amide bonds. The zero-order valence-corrected chi connectivity index (χ0v) is 50.1. The van der Waals surface area contributed by atoms with Crippen molar-refractivity contribution < 1.29 is 38.1 Å². The second-order valence-electron chi connectivity index (χ2n) is 22.0. The number of benzene rings is 2. The highest BCUT2D eigenvalue weighted by atomic mass is 16.5. The number of hydrogen-bond acceptors (Lipinski definition) is 15. The van der Waals surface area contributed by atoms with Crippen LogP contribution in [0.2, 0.25) is 0 Å². The fourth-order valence-corrected chi connectivity index (χ4v) is 10.7. The van der Waals surface area contributed by atoms with Crippen molar-refractivity contribution >= 4 is 46.3 Å². The van der Waals surface area contributed by atoms with Crippen LogP contribution in [-0.2, 0) is 41.6 Å². The second kappa shape index (κ2) is 31.3. The molecule has 2 aliphatic rings. The zero-order chi connectivity index (χ0) is 60.2. The van der Waals surface area contributed by atoms with Crippen molar-refractivity contribution in [1.82, 2.24) is 64.3 Å². The number of carbonyl (C=O) groups excluding carboxylic acids is 4. The van der Waals surface area contributed by atoms with Crippen LogP contribution in [-0.4, -0.2) is 162 Å². The first kappa shape index (κ1) is 62.3. The van der Waals surface area contributed by atoms with Gasteiger partial charge >= 0.3 is 0 Å². The summed E-state index contributed by atoms with van der Waals surface area (Å²) in [5, 5.41) is 28.9. The SMILES string of the molecule is Cc1cc(C)n2ccc(C(=O)Nc3ccc(-c4cn(CCOCCOCCC(=O)NC5CCCCC5)nn4)cc3)c2n1.Cc1cc(C)n2ccc(C(=O)Nc3ccc(-c4cn(CCOCCOCCC(=O)NCCC5CCCN5C)nn4)cc3)c2n1. The normalized spacial score (nSPS) is 14.5. The van der Waals surface area contributed by atoms with E-state index in [2.05, 4.69) is 63.8 Å². The average molecular weight is 1180 g/mol. The molecule has 0 spiro atoms. The molecule has 0 radical (unpaired) electrons. The van der Waals surface area contributed by atoms with Gasteiger partial charge in [0.1, 0.15) is 22.7 Å². The topological polar surface area (TPSA) is 253 Å². The number of carbonyl (C=O) groups is 4. The summed E-state index contributed by atoms with van der Waals surface area (Å²) in [5.74, 6) is -0.323. The average Bonchev–Trinajstić information content (AvgIpc) is 3.19. The second-order valence-corrected chi connectivity index (χ2v) is 22.0. The first-order valence-corrected chi connectivity index (χ1v) is 29.9. The summed E-state index contributed by atoms with van der Waals surface area (Å²) in [4.78, 5) is 61.3. The Morgan fingerprint density at radius 1 is 0.558 bits per heavy atom. The lowest BCUT2D eigenvalue weighted by molar-refractivity contribution is -0.123. The van der Waals surface area contributed by atoms with Crippen LogP contribution < -0.4 is 21.3 Å². The number of aryl methyl sites for hydroxylation is 4. The van der Waals surface area contributed by atoms with E-state index in [4.69, 9.17) is 18.9 Å². The van der Waals surface area contributed by atoms with Gasteiger partial charge in [0, 0.05) is 89.1 Å².